The van der Waals surface area contributed by atoms with Crippen molar-refractivity contribution in [3.05, 3.63) is 52.6 Å². The van der Waals surface area contributed by atoms with Crippen molar-refractivity contribution in [2.45, 2.75) is 6.54 Å². The molecule has 0 fully saturated rings. The molecule has 0 N–H and O–H groups in total. The molecule has 0 atom stereocenters. The van der Waals surface area contributed by atoms with Crippen molar-refractivity contribution in [2.75, 3.05) is 7.11 Å². The van der Waals surface area contributed by atoms with Gasteiger partial charge in [0.05, 0.1) is 12.8 Å². The van der Waals surface area contributed by atoms with E-state index in [4.69, 9.17) is 0 Å². The number of hydrogen-bond acceptors (Lipinski definition) is 4. The molecule has 2 aromatic rings. The maximum absolute atomic E-state index is 13.6. The van der Waals surface area contributed by atoms with Crippen molar-refractivity contribution < 1.29 is 13.9 Å². The minimum Gasteiger partial charge on any atom is -0.468 e. The zero-order chi connectivity index (χ0) is 13.8. The zero-order valence-electron chi connectivity index (χ0n) is 10.2. The van der Waals surface area contributed by atoms with Crippen LogP contribution in [0.25, 0.3) is 11.3 Å². The van der Waals surface area contributed by atoms with E-state index >= 15 is 0 Å². The first-order valence-electron chi connectivity index (χ1n) is 5.51. The van der Waals surface area contributed by atoms with Crippen molar-refractivity contribution in [1.82, 2.24) is 9.78 Å². The van der Waals surface area contributed by atoms with Gasteiger partial charge in [-0.2, -0.15) is 5.10 Å². The molecule has 0 aliphatic carbocycles. The Bertz CT molecular complexity index is 667. The summed E-state index contributed by atoms with van der Waals surface area (Å²) in [5.74, 6) is -1.04. The maximum atomic E-state index is 13.6. The molecule has 0 unspecified atom stereocenters. The Morgan fingerprint density at radius 3 is 2.74 bits per heavy atom. The number of halogens is 1. The molecule has 0 bridgehead atoms. The molecule has 1 heterocycles. The van der Waals surface area contributed by atoms with Crippen LogP contribution in [-0.2, 0) is 16.1 Å². The molecule has 6 heteroatoms. The van der Waals surface area contributed by atoms with Gasteiger partial charge in [0.2, 0.25) is 0 Å². The molecule has 98 valence electrons. The van der Waals surface area contributed by atoms with E-state index in [9.17, 15) is 14.0 Å². The normalized spacial score (nSPS) is 10.2. The van der Waals surface area contributed by atoms with Gasteiger partial charge in [-0.25, -0.2) is 9.07 Å². The van der Waals surface area contributed by atoms with Crippen LogP contribution in [0.3, 0.4) is 0 Å². The summed E-state index contributed by atoms with van der Waals surface area (Å²) in [5, 5.41) is 3.95. The Hall–Kier alpha value is -2.50. The Morgan fingerprint density at radius 2 is 2.05 bits per heavy atom. The number of nitrogens with zero attached hydrogens (tertiary/aromatic N) is 2. The molecule has 0 amide bonds. The van der Waals surface area contributed by atoms with Crippen LogP contribution in [-0.4, -0.2) is 22.9 Å². The van der Waals surface area contributed by atoms with Crippen LogP contribution in [0.1, 0.15) is 0 Å². The van der Waals surface area contributed by atoms with E-state index in [0.29, 0.717) is 0 Å². The van der Waals surface area contributed by atoms with Gasteiger partial charge in [-0.1, -0.05) is 12.1 Å². The van der Waals surface area contributed by atoms with E-state index in [0.717, 1.165) is 4.68 Å². The van der Waals surface area contributed by atoms with Gasteiger partial charge in [0.1, 0.15) is 12.4 Å². The second-order valence-corrected chi connectivity index (χ2v) is 3.77. The lowest BCUT2D eigenvalue weighted by molar-refractivity contribution is -0.141. The number of rotatable bonds is 3. The number of aromatic nitrogens is 2. The molecule has 1 aromatic carbocycles. The van der Waals surface area contributed by atoms with Crippen LogP contribution >= 0.6 is 0 Å². The van der Waals surface area contributed by atoms with Gasteiger partial charge in [0.15, 0.2) is 0 Å². The maximum Gasteiger partial charge on any atom is 0.327 e. The highest BCUT2D eigenvalue weighted by molar-refractivity contribution is 5.69. The smallest absolute Gasteiger partial charge is 0.327 e. The van der Waals surface area contributed by atoms with E-state index in [-0.39, 0.29) is 17.8 Å². The van der Waals surface area contributed by atoms with Gasteiger partial charge in [-0.15, -0.1) is 0 Å². The lowest BCUT2D eigenvalue weighted by Gasteiger charge is -2.06. The lowest BCUT2D eigenvalue weighted by atomic mass is 10.1. The standard InChI is InChI=1S/C13H11FN2O3/c1-19-13(18)8-16-12(17)7-6-11(15-16)9-4-2-3-5-10(9)14/h2-7H,8H2,1H3. The van der Waals surface area contributed by atoms with E-state index in [1.54, 1.807) is 18.2 Å². The molecular weight excluding hydrogens is 251 g/mol. The summed E-state index contributed by atoms with van der Waals surface area (Å²) in [6, 6.07) is 8.71. The Morgan fingerprint density at radius 1 is 1.32 bits per heavy atom. The molecule has 0 saturated heterocycles. The van der Waals surface area contributed by atoms with E-state index in [1.807, 2.05) is 0 Å². The minimum absolute atomic E-state index is 0.265. The second kappa shape index (κ2) is 5.43. The minimum atomic E-state index is -0.597. The highest BCUT2D eigenvalue weighted by Gasteiger charge is 2.10. The van der Waals surface area contributed by atoms with Crippen LogP contribution in [0.4, 0.5) is 4.39 Å². The zero-order valence-corrected chi connectivity index (χ0v) is 10.2. The van der Waals surface area contributed by atoms with E-state index < -0.39 is 17.3 Å². The summed E-state index contributed by atoms with van der Waals surface area (Å²) in [6.45, 7) is -0.308. The first kappa shape index (κ1) is 12.9. The average Bonchev–Trinajstić information content (AvgIpc) is 2.42. The van der Waals surface area contributed by atoms with Crippen LogP contribution < -0.4 is 5.56 Å². The van der Waals surface area contributed by atoms with E-state index in [2.05, 4.69) is 9.84 Å². The Kier molecular flexibility index (Phi) is 3.70. The molecule has 0 aliphatic heterocycles. The molecule has 0 aliphatic rings. The highest BCUT2D eigenvalue weighted by Crippen LogP contribution is 2.18. The number of hydrogen-bond donors (Lipinski definition) is 0. The van der Waals surface area contributed by atoms with Crippen LogP contribution in [0.2, 0.25) is 0 Å². The number of benzene rings is 1. The fourth-order valence-corrected chi connectivity index (χ4v) is 1.56. The van der Waals surface area contributed by atoms with E-state index in [1.165, 1.54) is 25.3 Å². The summed E-state index contributed by atoms with van der Waals surface area (Å²) in [6.07, 6.45) is 0. The predicted octanol–water partition coefficient (Wildman–Crippen LogP) is 1.22. The molecule has 1 aromatic heterocycles. The summed E-state index contributed by atoms with van der Waals surface area (Å²) in [7, 11) is 1.22. The predicted molar refractivity (Wildman–Crippen MR) is 65.9 cm³/mol. The van der Waals surface area contributed by atoms with Crippen LogP contribution in [0.5, 0.6) is 0 Å². The third kappa shape index (κ3) is 2.85. The number of ether oxygens (including phenoxy) is 1. The van der Waals surface area contributed by atoms with Gasteiger partial charge in [-0.3, -0.25) is 9.59 Å². The fourth-order valence-electron chi connectivity index (χ4n) is 1.56. The molecule has 0 radical (unpaired) electrons. The largest absolute Gasteiger partial charge is 0.468 e. The van der Waals surface area contributed by atoms with Crippen molar-refractivity contribution in [3.8, 4) is 11.3 Å². The van der Waals surface area contributed by atoms with Gasteiger partial charge in [0.25, 0.3) is 5.56 Å². The summed E-state index contributed by atoms with van der Waals surface area (Å²) < 4.78 is 19.0. The quantitative estimate of drug-likeness (QED) is 0.780. The monoisotopic (exact) mass is 262 g/mol. The van der Waals surface area contributed by atoms with Crippen molar-refractivity contribution in [3.63, 3.8) is 0 Å². The van der Waals surface area contributed by atoms with Crippen LogP contribution in [0.15, 0.2) is 41.2 Å². The molecule has 0 spiro atoms. The lowest BCUT2D eigenvalue weighted by Crippen LogP contribution is -2.26. The van der Waals surface area contributed by atoms with Crippen molar-refractivity contribution in [1.29, 1.82) is 0 Å². The third-order valence-electron chi connectivity index (χ3n) is 2.52. The Labute approximate surface area is 108 Å². The number of carbonyl (C=O) groups excluding carboxylic acids is 1. The molecule has 2 rings (SSSR count). The second-order valence-electron chi connectivity index (χ2n) is 3.77. The fraction of sp³-hybridized carbons (Fsp3) is 0.154. The van der Waals surface area contributed by atoms with Gasteiger partial charge in [0, 0.05) is 11.6 Å². The van der Waals surface area contributed by atoms with Gasteiger partial charge < -0.3 is 4.74 Å². The first-order valence-corrected chi connectivity index (χ1v) is 5.51. The number of carbonyl (C=O) groups is 1. The number of methoxy groups -OCH3 is 1. The summed E-state index contributed by atoms with van der Waals surface area (Å²) in [5.41, 5.74) is 0.0909. The summed E-state index contributed by atoms with van der Waals surface area (Å²) in [4.78, 5) is 22.7. The molecule has 19 heavy (non-hydrogen) atoms. The van der Waals surface area contributed by atoms with Gasteiger partial charge >= 0.3 is 5.97 Å². The van der Waals surface area contributed by atoms with Crippen LogP contribution in [0, 0.1) is 5.82 Å². The van der Waals surface area contributed by atoms with Gasteiger partial charge in [-0.05, 0) is 18.2 Å². The molecule has 0 saturated carbocycles. The third-order valence-corrected chi connectivity index (χ3v) is 2.52. The molecule has 5 nitrogen and oxygen atoms in total. The molecular formula is C13H11FN2O3. The average molecular weight is 262 g/mol. The Balaban J connectivity index is 2.44. The number of esters is 1. The summed E-state index contributed by atoms with van der Waals surface area (Å²) >= 11 is 0. The van der Waals surface area contributed by atoms with Crippen molar-refractivity contribution in [2.24, 2.45) is 0 Å². The van der Waals surface area contributed by atoms with Crippen molar-refractivity contribution >= 4 is 5.97 Å². The highest BCUT2D eigenvalue weighted by atomic mass is 19.1. The topological polar surface area (TPSA) is 61.2 Å². The SMILES string of the molecule is COC(=O)Cn1nc(-c2ccccc2F)ccc1=O. The first-order chi connectivity index (χ1) is 9.11.